The Bertz CT molecular complexity index is 369. The van der Waals surface area contributed by atoms with E-state index in [0.717, 1.165) is 6.07 Å². The monoisotopic (exact) mass is 231 g/mol. The van der Waals surface area contributed by atoms with Gasteiger partial charge in [0, 0.05) is 18.2 Å². The van der Waals surface area contributed by atoms with Gasteiger partial charge in [0.05, 0.1) is 12.2 Å². The quantitative estimate of drug-likeness (QED) is 0.830. The Morgan fingerprint density at radius 1 is 1.38 bits per heavy atom. The molecule has 0 radical (unpaired) electrons. The van der Waals surface area contributed by atoms with Crippen molar-refractivity contribution in [3.05, 3.63) is 29.3 Å². The number of hydrogen-bond donors (Lipinski definition) is 2. The van der Waals surface area contributed by atoms with Crippen molar-refractivity contribution in [1.82, 2.24) is 0 Å². The summed E-state index contributed by atoms with van der Waals surface area (Å²) in [5.41, 5.74) is 5.29. The van der Waals surface area contributed by atoms with Crippen molar-refractivity contribution in [2.45, 2.75) is 26.1 Å². The van der Waals surface area contributed by atoms with Crippen LogP contribution in [0.3, 0.4) is 0 Å². The van der Waals surface area contributed by atoms with Crippen LogP contribution in [0.5, 0.6) is 5.75 Å². The SMILES string of the molecule is CC(C)Oc1c(F)cc(F)cc1C(O)CN. The summed E-state index contributed by atoms with van der Waals surface area (Å²) >= 11 is 0. The van der Waals surface area contributed by atoms with Gasteiger partial charge in [0.2, 0.25) is 0 Å². The number of hydrogen-bond acceptors (Lipinski definition) is 3. The fourth-order valence-electron chi connectivity index (χ4n) is 1.31. The van der Waals surface area contributed by atoms with E-state index in [2.05, 4.69) is 0 Å². The molecule has 0 bridgehead atoms. The van der Waals surface area contributed by atoms with E-state index in [1.54, 1.807) is 13.8 Å². The van der Waals surface area contributed by atoms with Crippen molar-refractivity contribution < 1.29 is 18.6 Å². The van der Waals surface area contributed by atoms with Crippen LogP contribution < -0.4 is 10.5 Å². The minimum Gasteiger partial charge on any atom is -0.488 e. The molecule has 3 nitrogen and oxygen atoms in total. The third-order valence-corrected chi connectivity index (χ3v) is 1.97. The summed E-state index contributed by atoms with van der Waals surface area (Å²) in [5.74, 6) is -1.75. The van der Waals surface area contributed by atoms with Gasteiger partial charge in [-0.1, -0.05) is 0 Å². The number of ether oxygens (including phenoxy) is 1. The molecule has 1 rings (SSSR count). The van der Waals surface area contributed by atoms with Crippen LogP contribution in [0.4, 0.5) is 8.78 Å². The van der Waals surface area contributed by atoms with E-state index < -0.39 is 17.7 Å². The van der Waals surface area contributed by atoms with Crippen LogP contribution >= 0.6 is 0 Å². The summed E-state index contributed by atoms with van der Waals surface area (Å²) in [5, 5.41) is 9.53. The Morgan fingerprint density at radius 3 is 2.50 bits per heavy atom. The van der Waals surface area contributed by atoms with Gasteiger partial charge in [0.25, 0.3) is 0 Å². The molecular weight excluding hydrogens is 216 g/mol. The number of nitrogens with two attached hydrogens (primary N) is 1. The zero-order chi connectivity index (χ0) is 12.3. The molecule has 16 heavy (non-hydrogen) atoms. The van der Waals surface area contributed by atoms with Crippen LogP contribution in [0.15, 0.2) is 12.1 Å². The predicted molar refractivity (Wildman–Crippen MR) is 56.1 cm³/mol. The lowest BCUT2D eigenvalue weighted by Crippen LogP contribution is -2.16. The molecule has 0 spiro atoms. The molecule has 0 aliphatic heterocycles. The number of halogens is 2. The van der Waals surface area contributed by atoms with Gasteiger partial charge in [-0.2, -0.15) is 0 Å². The lowest BCUT2D eigenvalue weighted by Gasteiger charge is -2.17. The molecule has 0 heterocycles. The lowest BCUT2D eigenvalue weighted by atomic mass is 10.1. The van der Waals surface area contributed by atoms with E-state index in [0.29, 0.717) is 6.07 Å². The molecule has 0 aromatic heterocycles. The molecule has 90 valence electrons. The zero-order valence-corrected chi connectivity index (χ0v) is 9.21. The smallest absolute Gasteiger partial charge is 0.168 e. The number of aliphatic hydroxyl groups is 1. The van der Waals surface area contributed by atoms with E-state index in [1.807, 2.05) is 0 Å². The first-order valence-corrected chi connectivity index (χ1v) is 4.99. The van der Waals surface area contributed by atoms with E-state index in [9.17, 15) is 13.9 Å². The summed E-state index contributed by atoms with van der Waals surface area (Å²) in [6.07, 6.45) is -1.41. The molecule has 0 aliphatic rings. The molecule has 0 aliphatic carbocycles. The Morgan fingerprint density at radius 2 is 2.00 bits per heavy atom. The fraction of sp³-hybridized carbons (Fsp3) is 0.455. The van der Waals surface area contributed by atoms with Crippen LogP contribution in [0, 0.1) is 11.6 Å². The minimum atomic E-state index is -1.14. The Kier molecular flexibility index (Phi) is 4.20. The van der Waals surface area contributed by atoms with Gasteiger partial charge in [-0.3, -0.25) is 0 Å². The maximum Gasteiger partial charge on any atom is 0.168 e. The zero-order valence-electron chi connectivity index (χ0n) is 9.21. The third kappa shape index (κ3) is 2.90. The number of benzene rings is 1. The topological polar surface area (TPSA) is 55.5 Å². The fourth-order valence-corrected chi connectivity index (χ4v) is 1.31. The molecule has 1 unspecified atom stereocenters. The molecule has 0 amide bonds. The Balaban J connectivity index is 3.20. The van der Waals surface area contributed by atoms with Crippen molar-refractivity contribution >= 4 is 0 Å². The molecule has 1 atom stereocenters. The normalized spacial score (nSPS) is 12.9. The second-order valence-corrected chi connectivity index (χ2v) is 3.72. The number of aliphatic hydroxyl groups excluding tert-OH is 1. The van der Waals surface area contributed by atoms with Crippen molar-refractivity contribution in [2.75, 3.05) is 6.54 Å². The first-order valence-electron chi connectivity index (χ1n) is 4.99. The molecule has 0 saturated heterocycles. The largest absolute Gasteiger partial charge is 0.488 e. The molecular formula is C11H15F2NO2. The van der Waals surface area contributed by atoms with Crippen LogP contribution in [-0.4, -0.2) is 17.8 Å². The van der Waals surface area contributed by atoms with Crippen molar-refractivity contribution in [3.8, 4) is 5.75 Å². The average Bonchev–Trinajstić information content (AvgIpc) is 2.20. The number of rotatable bonds is 4. The van der Waals surface area contributed by atoms with Crippen molar-refractivity contribution in [3.63, 3.8) is 0 Å². The molecule has 3 N–H and O–H groups in total. The first kappa shape index (κ1) is 12.9. The molecule has 1 aromatic rings. The second kappa shape index (κ2) is 5.23. The molecule has 0 fully saturated rings. The lowest BCUT2D eigenvalue weighted by molar-refractivity contribution is 0.168. The van der Waals surface area contributed by atoms with E-state index in [1.165, 1.54) is 0 Å². The maximum absolute atomic E-state index is 13.5. The highest BCUT2D eigenvalue weighted by molar-refractivity contribution is 5.37. The highest BCUT2D eigenvalue weighted by atomic mass is 19.1. The Hall–Kier alpha value is -1.20. The summed E-state index contributed by atoms with van der Waals surface area (Å²) in [6, 6.07) is 1.74. The van der Waals surface area contributed by atoms with Gasteiger partial charge in [0.15, 0.2) is 11.6 Å². The summed E-state index contributed by atoms with van der Waals surface area (Å²) in [7, 11) is 0. The van der Waals surface area contributed by atoms with Crippen LogP contribution in [0.2, 0.25) is 0 Å². The summed E-state index contributed by atoms with van der Waals surface area (Å²) < 4.78 is 31.6. The van der Waals surface area contributed by atoms with Gasteiger partial charge in [-0.15, -0.1) is 0 Å². The van der Waals surface area contributed by atoms with Gasteiger partial charge < -0.3 is 15.6 Å². The van der Waals surface area contributed by atoms with E-state index >= 15 is 0 Å². The average molecular weight is 231 g/mol. The Labute approximate surface area is 92.8 Å². The van der Waals surface area contributed by atoms with Gasteiger partial charge in [-0.25, -0.2) is 8.78 Å². The highest BCUT2D eigenvalue weighted by Gasteiger charge is 2.19. The van der Waals surface area contributed by atoms with E-state index in [-0.39, 0.29) is 24.0 Å². The van der Waals surface area contributed by atoms with Gasteiger partial charge in [-0.05, 0) is 19.9 Å². The molecule has 1 aromatic carbocycles. The second-order valence-electron chi connectivity index (χ2n) is 3.72. The van der Waals surface area contributed by atoms with Crippen molar-refractivity contribution in [2.24, 2.45) is 5.73 Å². The standard InChI is InChI=1S/C11H15F2NO2/c1-6(2)16-11-8(10(15)5-14)3-7(12)4-9(11)13/h3-4,6,10,15H,5,14H2,1-2H3. The summed E-state index contributed by atoms with van der Waals surface area (Å²) in [6.45, 7) is 3.29. The van der Waals surface area contributed by atoms with Crippen LogP contribution in [0.25, 0.3) is 0 Å². The van der Waals surface area contributed by atoms with E-state index in [4.69, 9.17) is 10.5 Å². The minimum absolute atomic E-state index is 0.0358. The highest BCUT2D eigenvalue weighted by Crippen LogP contribution is 2.30. The maximum atomic E-state index is 13.5. The van der Waals surface area contributed by atoms with Gasteiger partial charge in [0.1, 0.15) is 5.82 Å². The predicted octanol–water partition coefficient (Wildman–Crippen LogP) is 1.74. The summed E-state index contributed by atoms with van der Waals surface area (Å²) in [4.78, 5) is 0. The van der Waals surface area contributed by atoms with Crippen LogP contribution in [0.1, 0.15) is 25.5 Å². The van der Waals surface area contributed by atoms with Crippen LogP contribution in [-0.2, 0) is 0 Å². The molecule has 0 saturated carbocycles. The molecule has 5 heteroatoms. The van der Waals surface area contributed by atoms with Crippen molar-refractivity contribution in [1.29, 1.82) is 0 Å². The van der Waals surface area contributed by atoms with Gasteiger partial charge >= 0.3 is 0 Å². The third-order valence-electron chi connectivity index (χ3n) is 1.97. The first-order chi connectivity index (χ1) is 7.45.